The third-order valence-electron chi connectivity index (χ3n) is 1.91. The zero-order valence-corrected chi connectivity index (χ0v) is 7.66. The Kier molecular flexibility index (Phi) is 3.59. The molecule has 0 aromatic carbocycles. The minimum atomic E-state index is 0.700. The first-order valence-electron chi connectivity index (χ1n) is 4.44. The monoisotopic (exact) mass is 160 g/mol. The summed E-state index contributed by atoms with van der Waals surface area (Å²) in [6, 6.07) is 0. The average Bonchev–Trinajstić information content (AvgIpc) is 2.05. The first-order valence-corrected chi connectivity index (χ1v) is 4.44. The molecule has 0 saturated carbocycles. The van der Waals surface area contributed by atoms with Crippen molar-refractivity contribution in [2.24, 2.45) is 5.92 Å². The van der Waals surface area contributed by atoms with E-state index in [0.29, 0.717) is 5.92 Å². The third-order valence-corrected chi connectivity index (χ3v) is 1.91. The maximum absolute atomic E-state index is 3.82. The summed E-state index contributed by atoms with van der Waals surface area (Å²) in [5.41, 5.74) is 1.13. The fourth-order valence-electron chi connectivity index (χ4n) is 1.25. The summed E-state index contributed by atoms with van der Waals surface area (Å²) in [7, 11) is 0. The summed E-state index contributed by atoms with van der Waals surface area (Å²) in [4.78, 5) is 0. The van der Waals surface area contributed by atoms with E-state index in [4.69, 9.17) is 0 Å². The van der Waals surface area contributed by atoms with Crippen molar-refractivity contribution in [2.75, 3.05) is 0 Å². The molecule has 0 amide bonds. The van der Waals surface area contributed by atoms with Crippen LogP contribution in [-0.2, 0) is 0 Å². The van der Waals surface area contributed by atoms with Crippen LogP contribution in [0.2, 0.25) is 0 Å². The van der Waals surface area contributed by atoms with E-state index in [1.165, 1.54) is 6.42 Å². The van der Waals surface area contributed by atoms with Crippen LogP contribution >= 0.6 is 0 Å². The highest BCUT2D eigenvalue weighted by Crippen LogP contribution is 2.15. The maximum atomic E-state index is 3.82. The Morgan fingerprint density at radius 3 is 3.00 bits per heavy atom. The molecule has 1 atom stereocenters. The van der Waals surface area contributed by atoms with Gasteiger partial charge in [0.05, 0.1) is 0 Å². The third kappa shape index (κ3) is 3.38. The van der Waals surface area contributed by atoms with Gasteiger partial charge in [0.25, 0.3) is 0 Å². The van der Waals surface area contributed by atoms with Gasteiger partial charge in [-0.3, -0.25) is 0 Å². The van der Waals surface area contributed by atoms with Crippen molar-refractivity contribution < 1.29 is 0 Å². The molecule has 0 heteroatoms. The van der Waals surface area contributed by atoms with E-state index in [-0.39, 0.29) is 0 Å². The quantitative estimate of drug-likeness (QED) is 0.553. The largest absolute Gasteiger partial charge is 0.0961 e. The van der Waals surface area contributed by atoms with Crippen molar-refractivity contribution in [3.8, 4) is 0 Å². The van der Waals surface area contributed by atoms with E-state index in [1.807, 2.05) is 6.92 Å². The summed E-state index contributed by atoms with van der Waals surface area (Å²) in [5.74, 6) is 0.700. The van der Waals surface area contributed by atoms with Crippen molar-refractivity contribution in [3.05, 3.63) is 48.6 Å². The molecule has 1 aliphatic carbocycles. The smallest absolute Gasteiger partial charge is 0.0161 e. The van der Waals surface area contributed by atoms with Gasteiger partial charge in [-0.05, 0) is 25.7 Å². The molecule has 0 fully saturated rings. The molecule has 1 rings (SSSR count). The lowest BCUT2D eigenvalue weighted by Crippen LogP contribution is -1.94. The fraction of sp³-hybridized carbons (Fsp3) is 0.333. The summed E-state index contributed by atoms with van der Waals surface area (Å²) in [5, 5.41) is 0. The van der Waals surface area contributed by atoms with Crippen LogP contribution < -0.4 is 0 Å². The lowest BCUT2D eigenvalue weighted by atomic mass is 9.97. The Hall–Kier alpha value is -1.04. The van der Waals surface area contributed by atoms with E-state index < -0.39 is 0 Å². The zero-order valence-electron chi connectivity index (χ0n) is 7.66. The molecule has 1 unspecified atom stereocenters. The van der Waals surface area contributed by atoms with Crippen LogP contribution in [0, 0.1) is 5.92 Å². The molecule has 0 aromatic rings. The van der Waals surface area contributed by atoms with Crippen molar-refractivity contribution >= 4 is 0 Å². The summed E-state index contributed by atoms with van der Waals surface area (Å²) >= 11 is 0. The second kappa shape index (κ2) is 4.76. The SMILES string of the molecule is C=C(C)/C=C\CC1C=CC=CC1. The van der Waals surface area contributed by atoms with E-state index in [1.54, 1.807) is 0 Å². The lowest BCUT2D eigenvalue weighted by molar-refractivity contribution is 0.669. The second-order valence-electron chi connectivity index (χ2n) is 3.29. The van der Waals surface area contributed by atoms with Crippen LogP contribution in [0.1, 0.15) is 19.8 Å². The molecule has 0 heterocycles. The molecule has 0 saturated heterocycles. The Morgan fingerprint density at radius 2 is 2.42 bits per heavy atom. The van der Waals surface area contributed by atoms with Gasteiger partial charge in [-0.2, -0.15) is 0 Å². The first-order chi connectivity index (χ1) is 5.79. The molecule has 64 valence electrons. The average molecular weight is 160 g/mol. The molecule has 0 nitrogen and oxygen atoms in total. The maximum Gasteiger partial charge on any atom is -0.0161 e. The molecule has 0 bridgehead atoms. The van der Waals surface area contributed by atoms with Crippen molar-refractivity contribution in [1.29, 1.82) is 0 Å². The lowest BCUT2D eigenvalue weighted by Gasteiger charge is -2.08. The first kappa shape index (κ1) is 9.05. The number of rotatable bonds is 3. The van der Waals surface area contributed by atoms with Crippen molar-refractivity contribution in [2.45, 2.75) is 19.8 Å². The molecular formula is C12H16. The summed E-state index contributed by atoms with van der Waals surface area (Å²) in [6.45, 7) is 5.84. The van der Waals surface area contributed by atoms with Gasteiger partial charge in [0.2, 0.25) is 0 Å². The van der Waals surface area contributed by atoms with Crippen LogP contribution in [0.25, 0.3) is 0 Å². The predicted molar refractivity (Wildman–Crippen MR) is 55.0 cm³/mol. The highest BCUT2D eigenvalue weighted by Gasteiger charge is 2.01. The Bertz CT molecular complexity index is 228. The molecule has 1 aliphatic rings. The number of hydrogen-bond acceptors (Lipinski definition) is 0. The Morgan fingerprint density at radius 1 is 1.58 bits per heavy atom. The number of allylic oxidation sites excluding steroid dienone is 7. The van der Waals surface area contributed by atoms with Gasteiger partial charge in [0.15, 0.2) is 0 Å². The number of hydrogen-bond donors (Lipinski definition) is 0. The summed E-state index contributed by atoms with van der Waals surface area (Å²) in [6.07, 6.45) is 15.3. The van der Waals surface area contributed by atoms with E-state index in [9.17, 15) is 0 Å². The van der Waals surface area contributed by atoms with Gasteiger partial charge in [-0.25, -0.2) is 0 Å². The van der Waals surface area contributed by atoms with Gasteiger partial charge >= 0.3 is 0 Å². The van der Waals surface area contributed by atoms with Crippen LogP contribution in [0.3, 0.4) is 0 Å². The molecule has 0 aliphatic heterocycles. The predicted octanol–water partition coefficient (Wildman–Crippen LogP) is 3.64. The van der Waals surface area contributed by atoms with Crippen molar-refractivity contribution in [1.82, 2.24) is 0 Å². The highest BCUT2D eigenvalue weighted by molar-refractivity contribution is 5.14. The normalized spacial score (nSPS) is 21.9. The van der Waals surface area contributed by atoms with Gasteiger partial charge in [-0.1, -0.05) is 48.6 Å². The van der Waals surface area contributed by atoms with Crippen LogP contribution in [0.5, 0.6) is 0 Å². The highest BCUT2D eigenvalue weighted by atomic mass is 14.1. The zero-order chi connectivity index (χ0) is 8.81. The minimum Gasteiger partial charge on any atom is -0.0961 e. The van der Waals surface area contributed by atoms with Crippen LogP contribution in [-0.4, -0.2) is 0 Å². The van der Waals surface area contributed by atoms with Gasteiger partial charge in [0.1, 0.15) is 0 Å². The standard InChI is InChI=1S/C12H16/c1-11(2)7-6-10-12-8-4-3-5-9-12/h3-8,12H,1,9-10H2,2H3/b7-6-. The topological polar surface area (TPSA) is 0 Å². The van der Waals surface area contributed by atoms with Gasteiger partial charge < -0.3 is 0 Å². The molecular weight excluding hydrogens is 144 g/mol. The fourth-order valence-corrected chi connectivity index (χ4v) is 1.25. The Balaban J connectivity index is 2.28. The molecule has 0 N–H and O–H groups in total. The van der Waals surface area contributed by atoms with E-state index in [0.717, 1.165) is 12.0 Å². The minimum absolute atomic E-state index is 0.700. The molecule has 0 aromatic heterocycles. The van der Waals surface area contributed by atoms with Gasteiger partial charge in [-0.15, -0.1) is 0 Å². The summed E-state index contributed by atoms with van der Waals surface area (Å²) < 4.78 is 0. The van der Waals surface area contributed by atoms with E-state index >= 15 is 0 Å². The second-order valence-corrected chi connectivity index (χ2v) is 3.29. The van der Waals surface area contributed by atoms with E-state index in [2.05, 4.69) is 43.0 Å². The molecule has 0 radical (unpaired) electrons. The molecule has 12 heavy (non-hydrogen) atoms. The van der Waals surface area contributed by atoms with Crippen molar-refractivity contribution in [3.63, 3.8) is 0 Å². The Labute approximate surface area is 75.0 Å². The van der Waals surface area contributed by atoms with Gasteiger partial charge in [0, 0.05) is 0 Å². The van der Waals surface area contributed by atoms with Crippen LogP contribution in [0.4, 0.5) is 0 Å². The molecule has 0 spiro atoms. The van der Waals surface area contributed by atoms with Crippen LogP contribution in [0.15, 0.2) is 48.6 Å².